The molecule has 0 saturated carbocycles. The van der Waals surface area contributed by atoms with Crippen LogP contribution in [0.2, 0.25) is 0 Å². The molecule has 0 aromatic heterocycles. The first-order valence-electron chi connectivity index (χ1n) is 7.72. The second-order valence-electron chi connectivity index (χ2n) is 5.90. The Kier molecular flexibility index (Phi) is 5.54. The van der Waals surface area contributed by atoms with Gasteiger partial charge >= 0.3 is 0 Å². The monoisotopic (exact) mass is 282 g/mol. The van der Waals surface area contributed by atoms with Crippen molar-refractivity contribution in [3.8, 4) is 0 Å². The number of nitrogens with two attached hydrogens (primary N) is 1. The van der Waals surface area contributed by atoms with E-state index in [0.29, 0.717) is 5.92 Å². The highest BCUT2D eigenvalue weighted by Crippen LogP contribution is 2.25. The van der Waals surface area contributed by atoms with Crippen LogP contribution in [0, 0.1) is 13.8 Å². The Balaban J connectivity index is 2.21. The number of benzene rings is 2. The lowest BCUT2D eigenvalue weighted by Crippen LogP contribution is -2.41. The molecule has 0 spiro atoms. The van der Waals surface area contributed by atoms with Crippen molar-refractivity contribution in [2.75, 3.05) is 0 Å². The molecule has 0 aliphatic rings. The minimum Gasteiger partial charge on any atom is -0.271 e. The maximum absolute atomic E-state index is 5.86. The van der Waals surface area contributed by atoms with Gasteiger partial charge in [-0.25, -0.2) is 0 Å². The lowest BCUT2D eigenvalue weighted by atomic mass is 9.85. The molecule has 0 fully saturated rings. The predicted octanol–water partition coefficient (Wildman–Crippen LogP) is 3.87. The molecule has 2 atom stereocenters. The van der Waals surface area contributed by atoms with Gasteiger partial charge < -0.3 is 0 Å². The van der Waals surface area contributed by atoms with E-state index in [9.17, 15) is 0 Å². The summed E-state index contributed by atoms with van der Waals surface area (Å²) in [5, 5.41) is 0. The molecule has 0 bridgehead atoms. The molecular weight excluding hydrogens is 256 g/mol. The normalized spacial score (nSPS) is 13.9. The van der Waals surface area contributed by atoms with E-state index in [1.54, 1.807) is 0 Å². The molecule has 2 aromatic carbocycles. The number of hydrazine groups is 1. The van der Waals surface area contributed by atoms with Crippen LogP contribution in [-0.4, -0.2) is 6.04 Å². The number of rotatable bonds is 6. The molecule has 21 heavy (non-hydrogen) atoms. The minimum atomic E-state index is 0.249. The quantitative estimate of drug-likeness (QED) is 0.623. The van der Waals surface area contributed by atoms with Gasteiger partial charge in [-0.15, -0.1) is 0 Å². The molecule has 112 valence electrons. The third-order valence-corrected chi connectivity index (χ3v) is 4.10. The Bertz CT molecular complexity index is 543. The summed E-state index contributed by atoms with van der Waals surface area (Å²) in [6.07, 6.45) is 2.02. The van der Waals surface area contributed by atoms with Gasteiger partial charge in [0.25, 0.3) is 0 Å². The molecule has 2 aromatic rings. The summed E-state index contributed by atoms with van der Waals surface area (Å²) >= 11 is 0. The minimum absolute atomic E-state index is 0.249. The number of hydrogen-bond acceptors (Lipinski definition) is 2. The smallest absolute Gasteiger partial charge is 0.0319 e. The fourth-order valence-electron chi connectivity index (χ4n) is 3.21. The first kappa shape index (κ1) is 15.7. The van der Waals surface area contributed by atoms with E-state index in [4.69, 9.17) is 5.84 Å². The molecular formula is C19H26N2. The van der Waals surface area contributed by atoms with Gasteiger partial charge in [-0.3, -0.25) is 11.3 Å². The van der Waals surface area contributed by atoms with Gasteiger partial charge in [0.1, 0.15) is 0 Å². The van der Waals surface area contributed by atoms with Gasteiger partial charge in [0.2, 0.25) is 0 Å². The maximum atomic E-state index is 5.86. The molecule has 0 aliphatic carbocycles. The summed E-state index contributed by atoms with van der Waals surface area (Å²) in [7, 11) is 0. The van der Waals surface area contributed by atoms with Crippen molar-refractivity contribution in [3.05, 3.63) is 70.8 Å². The van der Waals surface area contributed by atoms with Crippen molar-refractivity contribution in [2.24, 2.45) is 5.84 Å². The Hall–Kier alpha value is -1.64. The lowest BCUT2D eigenvalue weighted by Gasteiger charge is -2.26. The second kappa shape index (κ2) is 7.39. The predicted molar refractivity (Wildman–Crippen MR) is 90.2 cm³/mol. The molecule has 2 heteroatoms. The average Bonchev–Trinajstić information content (AvgIpc) is 2.47. The van der Waals surface area contributed by atoms with Crippen LogP contribution in [0.15, 0.2) is 48.5 Å². The summed E-state index contributed by atoms with van der Waals surface area (Å²) in [6.45, 7) is 6.52. The van der Waals surface area contributed by atoms with Gasteiger partial charge in [-0.05, 0) is 37.8 Å². The van der Waals surface area contributed by atoms with Crippen LogP contribution in [0.25, 0.3) is 0 Å². The van der Waals surface area contributed by atoms with E-state index in [-0.39, 0.29) is 6.04 Å². The largest absolute Gasteiger partial charge is 0.271 e. The number of hydrogen-bond donors (Lipinski definition) is 2. The highest BCUT2D eigenvalue weighted by Gasteiger charge is 2.21. The van der Waals surface area contributed by atoms with Crippen LogP contribution in [-0.2, 0) is 6.42 Å². The van der Waals surface area contributed by atoms with E-state index >= 15 is 0 Å². The van der Waals surface area contributed by atoms with Crippen LogP contribution in [0.4, 0.5) is 0 Å². The first-order chi connectivity index (χ1) is 10.1. The number of nitrogens with one attached hydrogen (secondary N) is 1. The van der Waals surface area contributed by atoms with Crippen molar-refractivity contribution >= 4 is 0 Å². The molecule has 3 N–H and O–H groups in total. The zero-order valence-corrected chi connectivity index (χ0v) is 13.3. The lowest BCUT2D eigenvalue weighted by molar-refractivity contribution is 0.427. The molecule has 2 rings (SSSR count). The summed E-state index contributed by atoms with van der Waals surface area (Å²) < 4.78 is 0. The highest BCUT2D eigenvalue weighted by molar-refractivity contribution is 5.30. The summed E-state index contributed by atoms with van der Waals surface area (Å²) in [4.78, 5) is 0. The van der Waals surface area contributed by atoms with Crippen LogP contribution >= 0.6 is 0 Å². The van der Waals surface area contributed by atoms with E-state index < -0.39 is 0 Å². The van der Waals surface area contributed by atoms with Crippen LogP contribution in [0.5, 0.6) is 0 Å². The molecule has 0 heterocycles. The molecule has 0 aliphatic heterocycles. The first-order valence-corrected chi connectivity index (χ1v) is 7.72. The van der Waals surface area contributed by atoms with Crippen molar-refractivity contribution in [2.45, 2.75) is 45.6 Å². The summed E-state index contributed by atoms with van der Waals surface area (Å²) in [5.41, 5.74) is 8.37. The maximum Gasteiger partial charge on any atom is 0.0319 e. The Morgan fingerprint density at radius 1 is 1.00 bits per heavy atom. The van der Waals surface area contributed by atoms with E-state index in [1.807, 2.05) is 0 Å². The average molecular weight is 282 g/mol. The van der Waals surface area contributed by atoms with Gasteiger partial charge in [0.05, 0.1) is 0 Å². The van der Waals surface area contributed by atoms with Crippen molar-refractivity contribution in [3.63, 3.8) is 0 Å². The summed E-state index contributed by atoms with van der Waals surface area (Å²) in [5.74, 6) is 6.29. The van der Waals surface area contributed by atoms with Gasteiger partial charge in [-0.1, -0.05) is 66.6 Å². The Morgan fingerprint density at radius 2 is 1.62 bits per heavy atom. The second-order valence-corrected chi connectivity index (χ2v) is 5.90. The van der Waals surface area contributed by atoms with Crippen LogP contribution < -0.4 is 11.3 Å². The van der Waals surface area contributed by atoms with E-state index in [0.717, 1.165) is 12.8 Å². The third kappa shape index (κ3) is 4.16. The zero-order valence-electron chi connectivity index (χ0n) is 13.3. The Labute approximate surface area is 128 Å². The molecule has 0 radical (unpaired) electrons. The molecule has 0 saturated heterocycles. The van der Waals surface area contributed by atoms with Crippen molar-refractivity contribution in [1.29, 1.82) is 0 Å². The zero-order chi connectivity index (χ0) is 15.2. The van der Waals surface area contributed by atoms with Gasteiger partial charge in [0, 0.05) is 12.0 Å². The van der Waals surface area contributed by atoms with Crippen molar-refractivity contribution < 1.29 is 0 Å². The molecule has 0 amide bonds. The van der Waals surface area contributed by atoms with Gasteiger partial charge in [0.15, 0.2) is 0 Å². The third-order valence-electron chi connectivity index (χ3n) is 4.10. The molecule has 2 unspecified atom stereocenters. The summed E-state index contributed by atoms with van der Waals surface area (Å²) in [6, 6.07) is 17.6. The van der Waals surface area contributed by atoms with Crippen LogP contribution in [0.1, 0.15) is 41.5 Å². The fraction of sp³-hybridized carbons (Fsp3) is 0.368. The van der Waals surface area contributed by atoms with E-state index in [2.05, 4.69) is 74.7 Å². The van der Waals surface area contributed by atoms with Gasteiger partial charge in [-0.2, -0.15) is 0 Å². The standard InChI is InChI=1S/C19H26N2/c1-4-18(17-8-6-5-7-9-17)19(21-20)13-16-11-14(2)10-15(3)12-16/h5-12,18-19,21H,4,13,20H2,1-3H3. The molecule has 2 nitrogen and oxygen atoms in total. The fourth-order valence-corrected chi connectivity index (χ4v) is 3.21. The van der Waals surface area contributed by atoms with Crippen LogP contribution in [0.3, 0.4) is 0 Å². The number of aryl methyl sites for hydroxylation is 2. The SMILES string of the molecule is CCC(c1ccccc1)C(Cc1cc(C)cc(C)c1)NN. The van der Waals surface area contributed by atoms with E-state index in [1.165, 1.54) is 22.3 Å². The Morgan fingerprint density at radius 3 is 2.14 bits per heavy atom. The highest BCUT2D eigenvalue weighted by atomic mass is 15.2. The van der Waals surface area contributed by atoms with Crippen molar-refractivity contribution in [1.82, 2.24) is 5.43 Å². The topological polar surface area (TPSA) is 38.0 Å².